The second-order valence-electron chi connectivity index (χ2n) is 5.54. The first-order chi connectivity index (χ1) is 13.5. The number of carboxylic acid groups (broad SMARTS) is 1. The molecule has 3 rings (SSSR count). The highest BCUT2D eigenvalue weighted by atomic mass is 35.5. The predicted molar refractivity (Wildman–Crippen MR) is 108 cm³/mol. The smallest absolute Gasteiger partial charge is 0.213 e. The Balaban J connectivity index is 1.76. The minimum absolute atomic E-state index is 0.0126. The van der Waals surface area contributed by atoms with Crippen LogP contribution in [0.25, 0.3) is 17.5 Å². The summed E-state index contributed by atoms with van der Waals surface area (Å²) in [5, 5.41) is 19.2. The molecule has 6 nitrogen and oxygen atoms in total. The molecular formula is C20H15ClN3O3S-. The van der Waals surface area contributed by atoms with E-state index >= 15 is 0 Å². The van der Waals surface area contributed by atoms with Gasteiger partial charge in [-0.1, -0.05) is 36.4 Å². The Morgan fingerprint density at radius 2 is 1.93 bits per heavy atom. The topological polar surface area (TPSA) is 90.9 Å². The Labute approximate surface area is 170 Å². The van der Waals surface area contributed by atoms with E-state index in [9.17, 15) is 9.90 Å². The summed E-state index contributed by atoms with van der Waals surface area (Å²) >= 11 is 6.78. The molecule has 0 bridgehead atoms. The molecule has 28 heavy (non-hydrogen) atoms. The van der Waals surface area contributed by atoms with E-state index in [0.717, 1.165) is 17.3 Å². The normalized spacial score (nSPS) is 11.2. The number of hydrogen-bond donors (Lipinski definition) is 1. The number of benzene rings is 2. The van der Waals surface area contributed by atoms with Gasteiger partial charge in [-0.3, -0.25) is 5.10 Å². The Bertz CT molecular complexity index is 998. The molecule has 0 aliphatic carbocycles. The van der Waals surface area contributed by atoms with Crippen molar-refractivity contribution >= 4 is 35.4 Å². The lowest BCUT2D eigenvalue weighted by Gasteiger charge is -2.07. The maximum Gasteiger partial charge on any atom is 0.213 e. The Kier molecular flexibility index (Phi) is 6.52. The predicted octanol–water partition coefficient (Wildman–Crippen LogP) is 3.57. The van der Waals surface area contributed by atoms with Gasteiger partial charge < -0.3 is 14.6 Å². The number of carbonyl (C=O) groups is 1. The molecule has 1 aromatic heterocycles. The van der Waals surface area contributed by atoms with Gasteiger partial charge in [-0.25, -0.2) is 4.98 Å². The molecule has 0 saturated carbocycles. The van der Waals surface area contributed by atoms with E-state index in [-0.39, 0.29) is 10.1 Å². The van der Waals surface area contributed by atoms with Crippen LogP contribution in [0.5, 0.6) is 5.75 Å². The fraction of sp³-hybridized carbons (Fsp3) is 0.0500. The first-order valence-corrected chi connectivity index (χ1v) is 9.37. The standard InChI is InChI=1S/C20H16ClN3O3S/c1-2-11-27-16-9-3-13(4-10-16)12-17(19(25)26)28-20-22-18(23-24-20)14-5-7-15(21)8-6-14/h2-10,12H,1,11H2,(H,25,26)(H,22,23,24)/p-1/b17-12-. The van der Waals surface area contributed by atoms with Crippen molar-refractivity contribution in [1.82, 2.24) is 15.2 Å². The van der Waals surface area contributed by atoms with Gasteiger partial charge in [0, 0.05) is 15.5 Å². The number of carboxylic acids is 1. The monoisotopic (exact) mass is 412 g/mol. The fourth-order valence-corrected chi connectivity index (χ4v) is 3.05. The number of nitrogens with zero attached hydrogens (tertiary/aromatic N) is 2. The summed E-state index contributed by atoms with van der Waals surface area (Å²) in [6.07, 6.45) is 3.14. The molecule has 0 unspecified atom stereocenters. The number of hydrogen-bond acceptors (Lipinski definition) is 6. The lowest BCUT2D eigenvalue weighted by molar-refractivity contribution is -0.297. The van der Waals surface area contributed by atoms with Gasteiger partial charge in [0.15, 0.2) is 5.82 Å². The summed E-state index contributed by atoms with van der Waals surface area (Å²) in [4.78, 5) is 15.8. The van der Waals surface area contributed by atoms with E-state index in [2.05, 4.69) is 21.8 Å². The number of aromatic amines is 1. The van der Waals surface area contributed by atoms with Crippen LogP contribution in [0.3, 0.4) is 0 Å². The lowest BCUT2D eigenvalue weighted by atomic mass is 10.2. The summed E-state index contributed by atoms with van der Waals surface area (Å²) in [6.45, 7) is 3.99. The largest absolute Gasteiger partial charge is 0.544 e. The molecule has 0 atom stereocenters. The van der Waals surface area contributed by atoms with Crippen LogP contribution >= 0.6 is 23.4 Å². The minimum atomic E-state index is -1.31. The first-order valence-electron chi connectivity index (χ1n) is 8.18. The number of aromatic nitrogens is 3. The minimum Gasteiger partial charge on any atom is -0.544 e. The number of rotatable bonds is 8. The molecule has 0 fully saturated rings. The molecule has 0 amide bonds. The zero-order valence-electron chi connectivity index (χ0n) is 14.6. The maximum atomic E-state index is 11.5. The molecule has 1 N–H and O–H groups in total. The van der Waals surface area contributed by atoms with E-state index in [4.69, 9.17) is 16.3 Å². The number of ether oxygens (including phenoxy) is 1. The lowest BCUT2D eigenvalue weighted by Crippen LogP contribution is -2.23. The number of aliphatic carboxylic acids is 1. The summed E-state index contributed by atoms with van der Waals surface area (Å²) in [5.74, 6) is -0.128. The summed E-state index contributed by atoms with van der Waals surface area (Å²) in [7, 11) is 0. The average Bonchev–Trinajstić information content (AvgIpc) is 3.16. The molecule has 0 radical (unpaired) electrons. The van der Waals surface area contributed by atoms with Crippen molar-refractivity contribution in [2.45, 2.75) is 5.16 Å². The van der Waals surface area contributed by atoms with Gasteiger partial charge in [0.1, 0.15) is 12.4 Å². The highest BCUT2D eigenvalue weighted by Gasteiger charge is 2.10. The van der Waals surface area contributed by atoms with Gasteiger partial charge in [-0.15, -0.1) is 5.10 Å². The highest BCUT2D eigenvalue weighted by Crippen LogP contribution is 2.27. The molecule has 0 saturated heterocycles. The van der Waals surface area contributed by atoms with E-state index in [0.29, 0.717) is 28.8 Å². The summed E-state index contributed by atoms with van der Waals surface area (Å²) < 4.78 is 5.41. The maximum absolute atomic E-state index is 11.5. The van der Waals surface area contributed by atoms with Crippen LogP contribution in [-0.2, 0) is 4.79 Å². The quantitative estimate of drug-likeness (QED) is 0.345. The van der Waals surface area contributed by atoms with Crippen LogP contribution < -0.4 is 9.84 Å². The van der Waals surface area contributed by atoms with Crippen molar-refractivity contribution in [1.29, 1.82) is 0 Å². The van der Waals surface area contributed by atoms with Gasteiger partial charge in [0.05, 0.1) is 5.97 Å². The second-order valence-corrected chi connectivity index (χ2v) is 6.99. The van der Waals surface area contributed by atoms with E-state index < -0.39 is 5.97 Å². The Morgan fingerprint density at radius 3 is 2.57 bits per heavy atom. The van der Waals surface area contributed by atoms with Crippen LogP contribution in [-0.4, -0.2) is 27.8 Å². The highest BCUT2D eigenvalue weighted by molar-refractivity contribution is 8.04. The van der Waals surface area contributed by atoms with Crippen molar-refractivity contribution in [2.24, 2.45) is 0 Å². The van der Waals surface area contributed by atoms with Crippen LogP contribution in [0.4, 0.5) is 0 Å². The SMILES string of the molecule is C=CCOc1ccc(/C=C(\Sc2n[nH]c(-c3ccc(Cl)cc3)n2)C(=O)[O-])cc1. The third-order valence-electron chi connectivity index (χ3n) is 3.53. The fourth-order valence-electron chi connectivity index (χ4n) is 2.22. The van der Waals surface area contributed by atoms with E-state index in [1.165, 1.54) is 6.08 Å². The molecule has 0 spiro atoms. The number of halogens is 1. The number of H-pyrrole nitrogens is 1. The van der Waals surface area contributed by atoms with Crippen molar-refractivity contribution in [2.75, 3.05) is 6.61 Å². The van der Waals surface area contributed by atoms with Crippen molar-refractivity contribution < 1.29 is 14.6 Å². The van der Waals surface area contributed by atoms with Gasteiger partial charge in [-0.05, 0) is 59.8 Å². The average molecular weight is 413 g/mol. The summed E-state index contributed by atoms with van der Waals surface area (Å²) in [5.41, 5.74) is 1.48. The number of nitrogens with one attached hydrogen (secondary N) is 1. The zero-order chi connectivity index (χ0) is 19.9. The van der Waals surface area contributed by atoms with Gasteiger partial charge >= 0.3 is 0 Å². The van der Waals surface area contributed by atoms with Crippen LogP contribution in [0, 0.1) is 0 Å². The molecule has 1 heterocycles. The molecule has 142 valence electrons. The Morgan fingerprint density at radius 1 is 1.21 bits per heavy atom. The molecule has 8 heteroatoms. The molecule has 0 aliphatic rings. The van der Waals surface area contributed by atoms with Gasteiger partial charge in [0.25, 0.3) is 0 Å². The van der Waals surface area contributed by atoms with Crippen molar-refractivity contribution in [3.8, 4) is 17.1 Å². The number of thioether (sulfide) groups is 1. The molecule has 2 aromatic carbocycles. The van der Waals surface area contributed by atoms with E-state index in [1.54, 1.807) is 54.6 Å². The van der Waals surface area contributed by atoms with Crippen LogP contribution in [0.2, 0.25) is 5.02 Å². The molecular weight excluding hydrogens is 398 g/mol. The van der Waals surface area contributed by atoms with Gasteiger partial charge in [0.2, 0.25) is 5.16 Å². The molecule has 0 aliphatic heterocycles. The summed E-state index contributed by atoms with van der Waals surface area (Å²) in [6, 6.07) is 14.1. The third-order valence-corrected chi connectivity index (χ3v) is 4.65. The van der Waals surface area contributed by atoms with Gasteiger partial charge in [-0.2, -0.15) is 0 Å². The Hall–Kier alpha value is -3.03. The van der Waals surface area contributed by atoms with Crippen molar-refractivity contribution in [3.05, 3.63) is 76.7 Å². The van der Waals surface area contributed by atoms with Crippen molar-refractivity contribution in [3.63, 3.8) is 0 Å². The number of carbonyl (C=O) groups excluding carboxylic acids is 1. The van der Waals surface area contributed by atoms with Crippen LogP contribution in [0.1, 0.15) is 5.56 Å². The van der Waals surface area contributed by atoms with E-state index in [1.807, 2.05) is 0 Å². The third kappa shape index (κ3) is 5.25. The molecule has 3 aromatic rings. The first kappa shape index (κ1) is 19.7. The second kappa shape index (κ2) is 9.25. The zero-order valence-corrected chi connectivity index (χ0v) is 16.2. The van der Waals surface area contributed by atoms with Crippen LogP contribution in [0.15, 0.2) is 71.2 Å².